The van der Waals surface area contributed by atoms with Crippen LogP contribution in [0, 0.1) is 0 Å². The number of anilines is 2. The fourth-order valence-corrected chi connectivity index (χ4v) is 1.80. The van der Waals surface area contributed by atoms with Crippen molar-refractivity contribution in [2.75, 3.05) is 30.9 Å². The molecule has 1 aromatic heterocycles. The first kappa shape index (κ1) is 14.0. The Labute approximate surface area is 117 Å². The van der Waals surface area contributed by atoms with Crippen LogP contribution >= 0.6 is 0 Å². The molecule has 3 N–H and O–H groups in total. The van der Waals surface area contributed by atoms with Crippen molar-refractivity contribution in [1.82, 2.24) is 15.0 Å². The lowest BCUT2D eigenvalue weighted by Gasteiger charge is -2.17. The Balaban J connectivity index is 2.15. The van der Waals surface area contributed by atoms with Gasteiger partial charge in [0, 0.05) is 20.6 Å². The largest absolute Gasteiger partial charge is 0.376 e. The zero-order valence-corrected chi connectivity index (χ0v) is 11.6. The van der Waals surface area contributed by atoms with Crippen LogP contribution in [0.2, 0.25) is 0 Å². The second-order valence-corrected chi connectivity index (χ2v) is 4.52. The molecule has 0 aliphatic heterocycles. The first-order chi connectivity index (χ1) is 9.61. The van der Waals surface area contributed by atoms with Gasteiger partial charge in [-0.1, -0.05) is 17.3 Å². The minimum atomic E-state index is -0.289. The molecule has 0 spiro atoms. The summed E-state index contributed by atoms with van der Waals surface area (Å²) in [4.78, 5) is 14.1. The molecule has 7 heteroatoms. The van der Waals surface area contributed by atoms with Gasteiger partial charge in [-0.2, -0.15) is 0 Å². The molecule has 0 aliphatic carbocycles. The third kappa shape index (κ3) is 3.12. The monoisotopic (exact) mass is 274 g/mol. The number of amides is 1. The normalized spacial score (nSPS) is 10.3. The lowest BCUT2D eigenvalue weighted by Crippen LogP contribution is -2.17. The average molecular weight is 274 g/mol. The van der Waals surface area contributed by atoms with E-state index in [1.165, 1.54) is 0 Å². The Morgan fingerprint density at radius 1 is 1.40 bits per heavy atom. The number of rotatable bonds is 5. The minimum absolute atomic E-state index is 0.270. The van der Waals surface area contributed by atoms with Crippen LogP contribution in [0.25, 0.3) is 0 Å². The molecule has 1 amide bonds. The molecule has 0 unspecified atom stereocenters. The van der Waals surface area contributed by atoms with Gasteiger partial charge in [0.25, 0.3) is 5.91 Å². The van der Waals surface area contributed by atoms with Gasteiger partial charge in [-0.15, -0.1) is 5.10 Å². The number of para-hydroxylation sites is 2. The quantitative estimate of drug-likeness (QED) is 0.831. The molecule has 20 heavy (non-hydrogen) atoms. The maximum atomic E-state index is 12.1. The van der Waals surface area contributed by atoms with Crippen molar-refractivity contribution >= 4 is 17.3 Å². The number of nitrogens with one attached hydrogen (secondary N) is 1. The summed E-state index contributed by atoms with van der Waals surface area (Å²) in [6, 6.07) is 7.56. The molecule has 7 nitrogen and oxygen atoms in total. The Bertz CT molecular complexity index is 592. The first-order valence-corrected chi connectivity index (χ1v) is 6.29. The highest BCUT2D eigenvalue weighted by atomic mass is 16.2. The molecule has 0 atom stereocenters. The predicted octanol–water partition coefficient (Wildman–Crippen LogP) is 0.555. The van der Waals surface area contributed by atoms with E-state index in [1.54, 1.807) is 10.9 Å². The van der Waals surface area contributed by atoms with E-state index >= 15 is 0 Å². The van der Waals surface area contributed by atoms with Crippen LogP contribution in [-0.4, -0.2) is 41.5 Å². The molecule has 0 aliphatic rings. The highest BCUT2D eigenvalue weighted by Crippen LogP contribution is 2.23. The molecule has 0 saturated carbocycles. The van der Waals surface area contributed by atoms with Crippen molar-refractivity contribution in [3.63, 3.8) is 0 Å². The Morgan fingerprint density at radius 2 is 2.15 bits per heavy atom. The van der Waals surface area contributed by atoms with Crippen molar-refractivity contribution < 1.29 is 4.79 Å². The molecular weight excluding hydrogens is 256 g/mol. The van der Waals surface area contributed by atoms with Crippen LogP contribution in [0.3, 0.4) is 0 Å². The fourth-order valence-electron chi connectivity index (χ4n) is 1.80. The SMILES string of the molecule is CN(C)c1ccccc1NC(=O)c1cn(CCN)nn1. The summed E-state index contributed by atoms with van der Waals surface area (Å²) >= 11 is 0. The molecule has 106 valence electrons. The zero-order chi connectivity index (χ0) is 14.5. The number of hydrogen-bond acceptors (Lipinski definition) is 5. The summed E-state index contributed by atoms with van der Waals surface area (Å²) < 4.78 is 1.55. The smallest absolute Gasteiger partial charge is 0.277 e. The second kappa shape index (κ2) is 6.16. The summed E-state index contributed by atoms with van der Waals surface area (Å²) in [5, 5.41) is 10.5. The second-order valence-electron chi connectivity index (χ2n) is 4.52. The highest BCUT2D eigenvalue weighted by molar-refractivity contribution is 6.04. The van der Waals surface area contributed by atoms with Crippen LogP contribution in [-0.2, 0) is 6.54 Å². The Hall–Kier alpha value is -2.41. The third-order valence-corrected chi connectivity index (χ3v) is 2.76. The zero-order valence-electron chi connectivity index (χ0n) is 11.6. The third-order valence-electron chi connectivity index (χ3n) is 2.76. The van der Waals surface area contributed by atoms with E-state index in [0.29, 0.717) is 13.1 Å². The Kier molecular flexibility index (Phi) is 4.31. The van der Waals surface area contributed by atoms with Gasteiger partial charge in [-0.3, -0.25) is 9.48 Å². The van der Waals surface area contributed by atoms with Crippen molar-refractivity contribution in [1.29, 1.82) is 0 Å². The van der Waals surface area contributed by atoms with E-state index in [9.17, 15) is 4.79 Å². The molecule has 2 aromatic rings. The maximum Gasteiger partial charge on any atom is 0.277 e. The molecule has 2 rings (SSSR count). The van der Waals surface area contributed by atoms with Gasteiger partial charge in [0.2, 0.25) is 0 Å². The molecule has 0 radical (unpaired) electrons. The number of nitrogens with two attached hydrogens (primary N) is 1. The number of aromatic nitrogens is 3. The lowest BCUT2D eigenvalue weighted by atomic mass is 10.2. The number of carbonyl (C=O) groups excluding carboxylic acids is 1. The first-order valence-electron chi connectivity index (χ1n) is 6.29. The van der Waals surface area contributed by atoms with Crippen LogP contribution < -0.4 is 16.0 Å². The molecule has 1 heterocycles. The van der Waals surface area contributed by atoms with Crippen LogP contribution in [0.4, 0.5) is 11.4 Å². The van der Waals surface area contributed by atoms with Crippen LogP contribution in [0.1, 0.15) is 10.5 Å². The minimum Gasteiger partial charge on any atom is -0.376 e. The van der Waals surface area contributed by atoms with E-state index in [4.69, 9.17) is 5.73 Å². The standard InChI is InChI=1S/C13H18N6O/c1-18(2)12-6-4-3-5-10(12)15-13(20)11-9-19(8-7-14)17-16-11/h3-6,9H,7-8,14H2,1-2H3,(H,15,20). The highest BCUT2D eigenvalue weighted by Gasteiger charge is 2.13. The van der Waals surface area contributed by atoms with Gasteiger partial charge < -0.3 is 16.0 Å². The lowest BCUT2D eigenvalue weighted by molar-refractivity contribution is 0.102. The maximum absolute atomic E-state index is 12.1. The van der Waals surface area contributed by atoms with Gasteiger partial charge in [-0.25, -0.2) is 0 Å². The van der Waals surface area contributed by atoms with Gasteiger partial charge in [0.15, 0.2) is 5.69 Å². The molecule has 1 aromatic carbocycles. The molecule has 0 bridgehead atoms. The number of nitrogens with zero attached hydrogens (tertiary/aromatic N) is 4. The van der Waals surface area contributed by atoms with E-state index in [1.807, 2.05) is 43.3 Å². The molecule has 0 saturated heterocycles. The molecule has 0 fully saturated rings. The number of hydrogen-bond donors (Lipinski definition) is 2. The van der Waals surface area contributed by atoms with Crippen molar-refractivity contribution in [2.45, 2.75) is 6.54 Å². The van der Waals surface area contributed by atoms with Gasteiger partial charge in [-0.05, 0) is 12.1 Å². The number of carbonyl (C=O) groups is 1. The van der Waals surface area contributed by atoms with Gasteiger partial charge in [0.1, 0.15) is 0 Å². The van der Waals surface area contributed by atoms with E-state index in [-0.39, 0.29) is 11.6 Å². The predicted molar refractivity (Wildman–Crippen MR) is 77.8 cm³/mol. The van der Waals surface area contributed by atoms with E-state index < -0.39 is 0 Å². The topological polar surface area (TPSA) is 89.1 Å². The van der Waals surface area contributed by atoms with Crippen molar-refractivity contribution in [3.8, 4) is 0 Å². The van der Waals surface area contributed by atoms with Crippen LogP contribution in [0.5, 0.6) is 0 Å². The van der Waals surface area contributed by atoms with E-state index in [2.05, 4.69) is 15.6 Å². The summed E-state index contributed by atoms with van der Waals surface area (Å²) in [5.74, 6) is -0.289. The van der Waals surface area contributed by atoms with Crippen LogP contribution in [0.15, 0.2) is 30.5 Å². The van der Waals surface area contributed by atoms with Crippen molar-refractivity contribution in [2.24, 2.45) is 5.73 Å². The summed E-state index contributed by atoms with van der Waals surface area (Å²) in [5.41, 5.74) is 7.36. The van der Waals surface area contributed by atoms with E-state index in [0.717, 1.165) is 11.4 Å². The summed E-state index contributed by atoms with van der Waals surface area (Å²) in [6.07, 6.45) is 1.58. The average Bonchev–Trinajstić information content (AvgIpc) is 2.88. The van der Waals surface area contributed by atoms with Gasteiger partial charge in [0.05, 0.1) is 24.1 Å². The summed E-state index contributed by atoms with van der Waals surface area (Å²) in [7, 11) is 3.84. The summed E-state index contributed by atoms with van der Waals surface area (Å²) in [6.45, 7) is 0.989. The number of benzene rings is 1. The fraction of sp³-hybridized carbons (Fsp3) is 0.308. The van der Waals surface area contributed by atoms with Crippen molar-refractivity contribution in [3.05, 3.63) is 36.2 Å². The Morgan fingerprint density at radius 3 is 2.85 bits per heavy atom. The molecular formula is C13H18N6O. The van der Waals surface area contributed by atoms with Gasteiger partial charge >= 0.3 is 0 Å².